The van der Waals surface area contributed by atoms with Crippen LogP contribution in [0.5, 0.6) is 0 Å². The van der Waals surface area contributed by atoms with E-state index in [-0.39, 0.29) is 5.78 Å². The molecule has 1 rings (SSSR count). The van der Waals surface area contributed by atoms with Crippen LogP contribution >= 0.6 is 12.0 Å². The van der Waals surface area contributed by atoms with Crippen LogP contribution in [0.3, 0.4) is 0 Å². The number of rotatable bonds is 6. The third-order valence-corrected chi connectivity index (χ3v) is 2.64. The van der Waals surface area contributed by atoms with Crippen molar-refractivity contribution >= 4 is 17.8 Å². The molecule has 4 heteroatoms. The largest absolute Gasteiger partial charge is 0.294 e. The van der Waals surface area contributed by atoms with E-state index in [0.717, 1.165) is 22.5 Å². The number of benzene rings is 1. The van der Waals surface area contributed by atoms with E-state index in [1.54, 1.807) is 0 Å². The van der Waals surface area contributed by atoms with Crippen molar-refractivity contribution in [1.29, 1.82) is 0 Å². The van der Waals surface area contributed by atoms with Crippen LogP contribution < -0.4 is 0 Å². The lowest BCUT2D eigenvalue weighted by Crippen LogP contribution is -2.03. The minimum absolute atomic E-state index is 0.180. The summed E-state index contributed by atoms with van der Waals surface area (Å²) in [6.45, 7) is 4.07. The fraction of sp³-hybridized carbons (Fsp3) is 0.417. The Morgan fingerprint density at radius 1 is 1.31 bits per heavy atom. The summed E-state index contributed by atoms with van der Waals surface area (Å²) in [6.07, 6.45) is 0.584. The molecule has 3 nitrogen and oxygen atoms in total. The van der Waals surface area contributed by atoms with Crippen molar-refractivity contribution in [1.82, 2.24) is 0 Å². The van der Waals surface area contributed by atoms with E-state index in [4.69, 9.17) is 4.33 Å². The molecule has 0 atom stereocenters. The molecular weight excluding hydrogens is 224 g/mol. The lowest BCUT2D eigenvalue weighted by molar-refractivity contribution is -0.160. The summed E-state index contributed by atoms with van der Waals surface area (Å²) >= 11 is 1.12. The molecule has 1 aromatic carbocycles. The summed E-state index contributed by atoms with van der Waals surface area (Å²) in [5, 5.41) is 0. The first-order valence-electron chi connectivity index (χ1n) is 5.14. The zero-order chi connectivity index (χ0) is 12.0. The summed E-state index contributed by atoms with van der Waals surface area (Å²) in [5.41, 5.74) is 0.746. The van der Waals surface area contributed by atoms with Crippen LogP contribution in [0.2, 0.25) is 0 Å². The molecule has 0 saturated heterocycles. The van der Waals surface area contributed by atoms with Gasteiger partial charge in [-0.3, -0.25) is 4.79 Å². The molecule has 0 spiro atoms. The number of Topliss-reactive ketones (excluding diaryl/α,β-unsaturated/α-hetero) is 1. The Balaban J connectivity index is 2.60. The van der Waals surface area contributed by atoms with Crippen LogP contribution in [-0.4, -0.2) is 12.9 Å². The Hall–Kier alpha value is -0.840. The Bertz CT molecular complexity index is 333. The molecule has 1 aromatic rings. The van der Waals surface area contributed by atoms with Gasteiger partial charge in [0.15, 0.2) is 5.78 Å². The van der Waals surface area contributed by atoms with E-state index in [2.05, 4.69) is 4.89 Å². The summed E-state index contributed by atoms with van der Waals surface area (Å²) in [5.74, 6) is 0.567. The van der Waals surface area contributed by atoms with Crippen molar-refractivity contribution in [2.24, 2.45) is 5.92 Å². The summed E-state index contributed by atoms with van der Waals surface area (Å²) < 4.78 is 4.72. The molecule has 16 heavy (non-hydrogen) atoms. The minimum atomic E-state index is 0.180. The molecule has 0 aromatic heterocycles. The smallest absolute Gasteiger partial charge is 0.163 e. The van der Waals surface area contributed by atoms with Crippen molar-refractivity contribution in [3.8, 4) is 0 Å². The Morgan fingerprint density at radius 2 is 1.94 bits per heavy atom. The zero-order valence-electron chi connectivity index (χ0n) is 9.73. The van der Waals surface area contributed by atoms with Gasteiger partial charge in [-0.25, -0.2) is 4.89 Å². The van der Waals surface area contributed by atoms with Crippen molar-refractivity contribution < 1.29 is 14.0 Å². The van der Waals surface area contributed by atoms with Gasteiger partial charge in [0, 0.05) is 16.9 Å². The number of hydrogen-bond acceptors (Lipinski definition) is 4. The summed E-state index contributed by atoms with van der Waals surface area (Å²) in [7, 11) is 1.45. The molecule has 0 saturated carbocycles. The molecule has 0 amide bonds. The lowest BCUT2D eigenvalue weighted by Gasteiger charge is -2.04. The number of carbonyl (C=O) groups is 1. The molecule has 0 heterocycles. The van der Waals surface area contributed by atoms with E-state index in [0.29, 0.717) is 12.3 Å². The van der Waals surface area contributed by atoms with Crippen LogP contribution in [-0.2, 0) is 9.22 Å². The van der Waals surface area contributed by atoms with E-state index < -0.39 is 0 Å². The van der Waals surface area contributed by atoms with Crippen LogP contribution in [0.1, 0.15) is 30.6 Å². The van der Waals surface area contributed by atoms with Gasteiger partial charge in [0.2, 0.25) is 0 Å². The maximum atomic E-state index is 11.7. The minimum Gasteiger partial charge on any atom is -0.294 e. The van der Waals surface area contributed by atoms with E-state index in [9.17, 15) is 4.79 Å². The van der Waals surface area contributed by atoms with Crippen LogP contribution in [0.4, 0.5) is 0 Å². The van der Waals surface area contributed by atoms with Crippen molar-refractivity contribution in [3.05, 3.63) is 29.8 Å². The van der Waals surface area contributed by atoms with Crippen molar-refractivity contribution in [2.75, 3.05) is 7.11 Å². The van der Waals surface area contributed by atoms with Gasteiger partial charge in [0.05, 0.1) is 19.2 Å². The van der Waals surface area contributed by atoms with Gasteiger partial charge in [-0.2, -0.15) is 4.33 Å². The highest BCUT2D eigenvalue weighted by atomic mass is 32.2. The molecule has 0 bridgehead atoms. The molecule has 0 aliphatic carbocycles. The molecule has 0 aliphatic rings. The van der Waals surface area contributed by atoms with Gasteiger partial charge < -0.3 is 0 Å². The van der Waals surface area contributed by atoms with E-state index >= 15 is 0 Å². The molecular formula is C12H16O3S. The number of carbonyl (C=O) groups excluding carboxylic acids is 1. The Kier molecular flexibility index (Phi) is 5.52. The molecule has 0 aliphatic heterocycles. The molecule has 0 radical (unpaired) electrons. The number of hydrogen-bond donors (Lipinski definition) is 0. The van der Waals surface area contributed by atoms with Gasteiger partial charge in [0.25, 0.3) is 0 Å². The van der Waals surface area contributed by atoms with Gasteiger partial charge in [-0.15, -0.1) is 0 Å². The average Bonchev–Trinajstić information content (AvgIpc) is 2.26. The molecule has 0 N–H and O–H groups in total. The first-order chi connectivity index (χ1) is 7.63. The fourth-order valence-corrected chi connectivity index (χ4v) is 1.65. The predicted molar refractivity (Wildman–Crippen MR) is 64.2 cm³/mol. The quantitative estimate of drug-likeness (QED) is 0.330. The second-order valence-corrected chi connectivity index (χ2v) is 4.64. The molecule has 0 unspecified atom stereocenters. The lowest BCUT2D eigenvalue weighted by atomic mass is 10.0. The first-order valence-corrected chi connectivity index (χ1v) is 5.88. The normalized spacial score (nSPS) is 10.8. The summed E-state index contributed by atoms with van der Waals surface area (Å²) in [6, 6.07) is 7.31. The van der Waals surface area contributed by atoms with E-state index in [1.165, 1.54) is 7.11 Å². The van der Waals surface area contributed by atoms with Crippen molar-refractivity contribution in [2.45, 2.75) is 25.2 Å². The monoisotopic (exact) mass is 240 g/mol. The van der Waals surface area contributed by atoms with Gasteiger partial charge in [-0.1, -0.05) is 26.0 Å². The second kappa shape index (κ2) is 6.68. The molecule has 0 fully saturated rings. The maximum absolute atomic E-state index is 11.7. The van der Waals surface area contributed by atoms with Crippen molar-refractivity contribution in [3.63, 3.8) is 0 Å². The first kappa shape index (κ1) is 13.2. The van der Waals surface area contributed by atoms with Gasteiger partial charge in [0.1, 0.15) is 0 Å². The topological polar surface area (TPSA) is 35.5 Å². The Labute approximate surface area is 100 Å². The zero-order valence-corrected chi connectivity index (χ0v) is 10.5. The fourth-order valence-electron chi connectivity index (χ4n) is 1.26. The number of ketones is 1. The van der Waals surface area contributed by atoms with Crippen LogP contribution in [0.15, 0.2) is 29.2 Å². The standard InChI is InChI=1S/C12H16O3S/c1-9(2)8-12(13)10-4-6-11(7-5-10)16-15-14-3/h4-7,9H,8H2,1-3H3. The van der Waals surface area contributed by atoms with Gasteiger partial charge in [-0.05, 0) is 18.1 Å². The van der Waals surface area contributed by atoms with Gasteiger partial charge >= 0.3 is 0 Å². The highest BCUT2D eigenvalue weighted by molar-refractivity contribution is 7.94. The third kappa shape index (κ3) is 4.35. The molecule has 88 valence electrons. The second-order valence-electron chi connectivity index (χ2n) is 3.86. The average molecular weight is 240 g/mol. The SMILES string of the molecule is COOSc1ccc(C(=O)CC(C)C)cc1. The highest BCUT2D eigenvalue weighted by Crippen LogP contribution is 2.20. The van der Waals surface area contributed by atoms with E-state index in [1.807, 2.05) is 38.1 Å². The predicted octanol–water partition coefficient (Wildman–Crippen LogP) is 3.50. The third-order valence-electron chi connectivity index (χ3n) is 1.97. The van der Waals surface area contributed by atoms with Crippen LogP contribution in [0.25, 0.3) is 0 Å². The van der Waals surface area contributed by atoms with Crippen LogP contribution in [0, 0.1) is 5.92 Å². The summed E-state index contributed by atoms with van der Waals surface area (Å²) in [4.78, 5) is 17.1. The Morgan fingerprint density at radius 3 is 2.44 bits per heavy atom. The highest BCUT2D eigenvalue weighted by Gasteiger charge is 2.08. The maximum Gasteiger partial charge on any atom is 0.163 e.